The minimum atomic E-state index is -0.152. The van der Waals surface area contributed by atoms with E-state index in [-0.39, 0.29) is 12.1 Å². The number of pyridine rings is 1. The van der Waals surface area contributed by atoms with Gasteiger partial charge in [0.25, 0.3) is 0 Å². The quantitative estimate of drug-likeness (QED) is 0.908. The molecule has 0 atom stereocenters. The summed E-state index contributed by atoms with van der Waals surface area (Å²) in [5.41, 5.74) is 2.89. The van der Waals surface area contributed by atoms with Crippen LogP contribution in [0.3, 0.4) is 0 Å². The molecule has 6 heteroatoms. The molecule has 2 N–H and O–H groups in total. The fourth-order valence-corrected chi connectivity index (χ4v) is 2.43. The summed E-state index contributed by atoms with van der Waals surface area (Å²) in [5.74, 6) is 0. The van der Waals surface area contributed by atoms with Crippen molar-refractivity contribution in [1.82, 2.24) is 15.6 Å². The second kappa shape index (κ2) is 7.09. The van der Waals surface area contributed by atoms with E-state index < -0.39 is 0 Å². The number of carbonyl (C=O) groups excluding carboxylic acids is 1. The number of aromatic nitrogens is 1. The number of ether oxygens (including phenoxy) is 1. The van der Waals surface area contributed by atoms with Crippen molar-refractivity contribution < 1.29 is 13.9 Å². The van der Waals surface area contributed by atoms with Gasteiger partial charge in [-0.3, -0.25) is 4.98 Å². The molecule has 2 aromatic rings. The Kier molecular flexibility index (Phi) is 4.70. The first-order chi connectivity index (χ1) is 10.8. The lowest BCUT2D eigenvalue weighted by Gasteiger charge is -2.23. The molecule has 1 aliphatic heterocycles. The molecular weight excluding hydrogens is 282 g/mol. The van der Waals surface area contributed by atoms with Gasteiger partial charge in [0, 0.05) is 49.3 Å². The average molecular weight is 301 g/mol. The van der Waals surface area contributed by atoms with Crippen molar-refractivity contribution in [3.8, 4) is 11.1 Å². The summed E-state index contributed by atoms with van der Waals surface area (Å²) in [4.78, 5) is 16.1. The number of furan rings is 1. The van der Waals surface area contributed by atoms with Crippen molar-refractivity contribution in [2.24, 2.45) is 0 Å². The Morgan fingerprint density at radius 3 is 2.91 bits per heavy atom. The minimum absolute atomic E-state index is 0.152. The van der Waals surface area contributed by atoms with Crippen molar-refractivity contribution in [3.05, 3.63) is 42.6 Å². The largest absolute Gasteiger partial charge is 0.472 e. The Morgan fingerprint density at radius 1 is 1.27 bits per heavy atom. The number of rotatable bonds is 4. The van der Waals surface area contributed by atoms with Gasteiger partial charge in [-0.05, 0) is 30.5 Å². The molecule has 1 saturated heterocycles. The summed E-state index contributed by atoms with van der Waals surface area (Å²) in [6.07, 6.45) is 8.55. The van der Waals surface area contributed by atoms with Crippen LogP contribution in [-0.4, -0.2) is 30.3 Å². The Hall–Kier alpha value is -2.34. The van der Waals surface area contributed by atoms with Gasteiger partial charge in [-0.15, -0.1) is 0 Å². The monoisotopic (exact) mass is 301 g/mol. The highest BCUT2D eigenvalue weighted by Crippen LogP contribution is 2.19. The maximum absolute atomic E-state index is 11.9. The molecule has 0 bridgehead atoms. The third kappa shape index (κ3) is 3.85. The molecule has 2 amide bonds. The molecule has 3 rings (SSSR count). The first kappa shape index (κ1) is 14.6. The van der Waals surface area contributed by atoms with Crippen LogP contribution < -0.4 is 10.6 Å². The lowest BCUT2D eigenvalue weighted by Crippen LogP contribution is -2.44. The molecule has 0 unspecified atom stereocenters. The van der Waals surface area contributed by atoms with E-state index in [1.807, 2.05) is 12.1 Å². The SMILES string of the molecule is O=C(NCc1cncc(-c2ccoc2)c1)NC1CCOCC1. The lowest BCUT2D eigenvalue weighted by atomic mass is 10.1. The third-order valence-electron chi connectivity index (χ3n) is 3.66. The zero-order valence-corrected chi connectivity index (χ0v) is 12.2. The average Bonchev–Trinajstić information content (AvgIpc) is 3.09. The number of amides is 2. The van der Waals surface area contributed by atoms with E-state index in [1.54, 1.807) is 24.9 Å². The van der Waals surface area contributed by atoms with E-state index in [2.05, 4.69) is 15.6 Å². The second-order valence-electron chi connectivity index (χ2n) is 5.31. The van der Waals surface area contributed by atoms with Crippen LogP contribution in [0.2, 0.25) is 0 Å². The maximum atomic E-state index is 11.9. The van der Waals surface area contributed by atoms with E-state index in [4.69, 9.17) is 9.15 Å². The molecule has 22 heavy (non-hydrogen) atoms. The fourth-order valence-electron chi connectivity index (χ4n) is 2.43. The number of nitrogens with one attached hydrogen (secondary N) is 2. The molecule has 3 heterocycles. The van der Waals surface area contributed by atoms with Gasteiger partial charge in [0.2, 0.25) is 0 Å². The van der Waals surface area contributed by atoms with Crippen LogP contribution in [-0.2, 0) is 11.3 Å². The van der Waals surface area contributed by atoms with Crippen LogP contribution in [0.15, 0.2) is 41.5 Å². The van der Waals surface area contributed by atoms with E-state index >= 15 is 0 Å². The second-order valence-corrected chi connectivity index (χ2v) is 5.31. The molecule has 6 nitrogen and oxygen atoms in total. The maximum Gasteiger partial charge on any atom is 0.315 e. The summed E-state index contributed by atoms with van der Waals surface area (Å²) in [6.45, 7) is 1.86. The smallest absolute Gasteiger partial charge is 0.315 e. The van der Waals surface area contributed by atoms with E-state index in [0.29, 0.717) is 19.8 Å². The van der Waals surface area contributed by atoms with Gasteiger partial charge in [-0.2, -0.15) is 0 Å². The van der Waals surface area contributed by atoms with Gasteiger partial charge in [0.05, 0.1) is 12.5 Å². The zero-order valence-electron chi connectivity index (χ0n) is 12.2. The van der Waals surface area contributed by atoms with Crippen LogP contribution in [0.4, 0.5) is 4.79 Å². The van der Waals surface area contributed by atoms with Crippen molar-refractivity contribution in [2.75, 3.05) is 13.2 Å². The summed E-state index contributed by atoms with van der Waals surface area (Å²) in [5, 5.41) is 5.83. The third-order valence-corrected chi connectivity index (χ3v) is 3.66. The molecule has 0 spiro atoms. The highest BCUT2D eigenvalue weighted by molar-refractivity contribution is 5.74. The zero-order chi connectivity index (χ0) is 15.2. The molecule has 0 aliphatic carbocycles. The fraction of sp³-hybridized carbons (Fsp3) is 0.375. The Labute approximate surface area is 128 Å². The van der Waals surface area contributed by atoms with Crippen molar-refractivity contribution >= 4 is 6.03 Å². The first-order valence-electron chi connectivity index (χ1n) is 7.40. The molecule has 116 valence electrons. The number of nitrogens with zero attached hydrogens (tertiary/aromatic N) is 1. The van der Waals surface area contributed by atoms with Crippen LogP contribution in [0.5, 0.6) is 0 Å². The van der Waals surface area contributed by atoms with Crippen LogP contribution >= 0.6 is 0 Å². The van der Waals surface area contributed by atoms with Crippen molar-refractivity contribution in [2.45, 2.75) is 25.4 Å². The highest BCUT2D eigenvalue weighted by atomic mass is 16.5. The number of hydrogen-bond donors (Lipinski definition) is 2. The van der Waals surface area contributed by atoms with Gasteiger partial charge in [0.15, 0.2) is 0 Å². The van der Waals surface area contributed by atoms with Gasteiger partial charge in [-0.25, -0.2) is 4.79 Å². The number of carbonyl (C=O) groups is 1. The minimum Gasteiger partial charge on any atom is -0.472 e. The van der Waals surface area contributed by atoms with Gasteiger partial charge < -0.3 is 19.8 Å². The van der Waals surface area contributed by atoms with Gasteiger partial charge in [0.1, 0.15) is 0 Å². The highest BCUT2D eigenvalue weighted by Gasteiger charge is 2.15. The lowest BCUT2D eigenvalue weighted by molar-refractivity contribution is 0.0801. The Morgan fingerprint density at radius 2 is 2.14 bits per heavy atom. The topological polar surface area (TPSA) is 76.4 Å². The van der Waals surface area contributed by atoms with Gasteiger partial charge >= 0.3 is 6.03 Å². The molecule has 1 fully saturated rings. The van der Waals surface area contributed by atoms with Crippen LogP contribution in [0.25, 0.3) is 11.1 Å². The molecule has 0 aromatic carbocycles. The standard InChI is InChI=1S/C16H19N3O3/c20-16(19-15-2-5-21-6-3-15)18-9-12-7-14(10-17-8-12)13-1-4-22-11-13/h1,4,7-8,10-11,15H,2-3,5-6,9H2,(H2,18,19,20). The van der Waals surface area contributed by atoms with E-state index in [1.165, 1.54) is 0 Å². The Bertz CT molecular complexity index is 607. The van der Waals surface area contributed by atoms with Crippen LogP contribution in [0, 0.1) is 0 Å². The normalized spacial score (nSPS) is 15.5. The summed E-state index contributed by atoms with van der Waals surface area (Å²) in [6, 6.07) is 3.92. The molecule has 1 aliphatic rings. The molecule has 0 radical (unpaired) electrons. The van der Waals surface area contributed by atoms with Crippen molar-refractivity contribution in [1.29, 1.82) is 0 Å². The summed E-state index contributed by atoms with van der Waals surface area (Å²) < 4.78 is 10.3. The molecular formula is C16H19N3O3. The Balaban J connectivity index is 1.52. The first-order valence-corrected chi connectivity index (χ1v) is 7.40. The van der Waals surface area contributed by atoms with Crippen molar-refractivity contribution in [3.63, 3.8) is 0 Å². The summed E-state index contributed by atoms with van der Waals surface area (Å²) >= 11 is 0. The predicted octanol–water partition coefficient (Wildman–Crippen LogP) is 2.32. The van der Waals surface area contributed by atoms with Crippen LogP contribution in [0.1, 0.15) is 18.4 Å². The van der Waals surface area contributed by atoms with E-state index in [9.17, 15) is 4.79 Å². The summed E-state index contributed by atoms with van der Waals surface area (Å²) in [7, 11) is 0. The van der Waals surface area contributed by atoms with Gasteiger partial charge in [-0.1, -0.05) is 0 Å². The van der Waals surface area contributed by atoms with E-state index in [0.717, 1.165) is 29.5 Å². The number of hydrogen-bond acceptors (Lipinski definition) is 4. The molecule has 0 saturated carbocycles. The predicted molar refractivity (Wildman–Crippen MR) is 81.2 cm³/mol. The molecule has 2 aromatic heterocycles. The number of urea groups is 1.